The maximum atomic E-state index is 14.8. The molecule has 45 heavy (non-hydrogen) atoms. The van der Waals surface area contributed by atoms with Crippen molar-refractivity contribution >= 4 is 39.1 Å². The summed E-state index contributed by atoms with van der Waals surface area (Å²) in [5.41, 5.74) is -1.23. The Balaban J connectivity index is 1.51. The van der Waals surface area contributed by atoms with E-state index in [2.05, 4.69) is 10.3 Å². The van der Waals surface area contributed by atoms with E-state index in [1.807, 2.05) is 0 Å². The van der Waals surface area contributed by atoms with Gasteiger partial charge in [0.05, 0.1) is 10.6 Å². The number of carbonyl (C=O) groups excluding carboxylic acids is 3. The van der Waals surface area contributed by atoms with Crippen molar-refractivity contribution in [3.8, 4) is 0 Å². The second kappa shape index (κ2) is 10.9. The van der Waals surface area contributed by atoms with Gasteiger partial charge in [0.15, 0.2) is 15.4 Å². The quantitative estimate of drug-likeness (QED) is 0.388. The highest BCUT2D eigenvalue weighted by Gasteiger charge is 2.57. The highest BCUT2D eigenvalue weighted by Crippen LogP contribution is 2.47. The number of nitrogens with zero attached hydrogens (tertiary/aromatic N) is 3. The number of rotatable bonds is 7. The van der Waals surface area contributed by atoms with E-state index in [1.165, 1.54) is 12.3 Å². The molecule has 236 valence electrons. The molecule has 1 saturated heterocycles. The van der Waals surface area contributed by atoms with Crippen LogP contribution < -0.4 is 15.1 Å². The molecule has 2 aliphatic carbocycles. The van der Waals surface area contributed by atoms with E-state index < -0.39 is 75.6 Å². The molecular weight excluding hydrogens is 616 g/mol. The number of sulfone groups is 1. The third kappa shape index (κ3) is 5.45. The SMILES string of the molecule is CS(=O)(=O)c1ccnc(N2C(=O)CC[C@H]2C(=O)N(c2cc(F)cc(F)c2)[C@@]2(C(=O)NC3CC(F)(F)C3)CCc3ccccc32)c1. The summed E-state index contributed by atoms with van der Waals surface area (Å²) in [7, 11) is -3.73. The summed E-state index contributed by atoms with van der Waals surface area (Å²) in [6, 6.07) is 9.20. The number of benzene rings is 2. The van der Waals surface area contributed by atoms with Gasteiger partial charge in [0, 0.05) is 43.8 Å². The normalized spacial score (nSPS) is 22.6. The molecule has 1 saturated carbocycles. The van der Waals surface area contributed by atoms with Gasteiger partial charge in [-0.2, -0.15) is 0 Å². The molecule has 1 aromatic heterocycles. The van der Waals surface area contributed by atoms with Crippen LogP contribution in [0.15, 0.2) is 65.7 Å². The van der Waals surface area contributed by atoms with Crippen LogP contribution in [0.5, 0.6) is 0 Å². The monoisotopic (exact) mass is 644 g/mol. The average Bonchev–Trinajstić information content (AvgIpc) is 3.53. The molecule has 0 unspecified atom stereocenters. The highest BCUT2D eigenvalue weighted by atomic mass is 32.2. The zero-order valence-electron chi connectivity index (χ0n) is 24.0. The minimum absolute atomic E-state index is 0.0480. The fourth-order valence-electron chi connectivity index (χ4n) is 6.55. The smallest absolute Gasteiger partial charge is 0.252 e. The van der Waals surface area contributed by atoms with E-state index >= 15 is 0 Å². The topological polar surface area (TPSA) is 117 Å². The molecule has 6 rings (SSSR count). The van der Waals surface area contributed by atoms with E-state index in [4.69, 9.17) is 0 Å². The lowest BCUT2D eigenvalue weighted by Crippen LogP contribution is -2.64. The Kier molecular flexibility index (Phi) is 7.45. The number of aryl methyl sites for hydroxylation is 1. The van der Waals surface area contributed by atoms with Gasteiger partial charge in [0.25, 0.3) is 17.7 Å². The number of hydrogen-bond acceptors (Lipinski definition) is 6. The summed E-state index contributed by atoms with van der Waals surface area (Å²) in [4.78, 5) is 48.3. The Bertz CT molecular complexity index is 1810. The van der Waals surface area contributed by atoms with Gasteiger partial charge < -0.3 is 5.32 Å². The number of aromatic nitrogens is 1. The molecule has 9 nitrogen and oxygen atoms in total. The predicted octanol–water partition coefficient (Wildman–Crippen LogP) is 4.05. The summed E-state index contributed by atoms with van der Waals surface area (Å²) in [5.74, 6) is -7.42. The fraction of sp³-hybridized carbons (Fsp3) is 0.355. The van der Waals surface area contributed by atoms with Crippen LogP contribution in [0.2, 0.25) is 0 Å². The predicted molar refractivity (Wildman–Crippen MR) is 154 cm³/mol. The molecule has 3 aliphatic rings. The van der Waals surface area contributed by atoms with Crippen molar-refractivity contribution in [2.24, 2.45) is 0 Å². The van der Waals surface area contributed by atoms with Crippen LogP contribution in [-0.2, 0) is 36.2 Å². The average molecular weight is 645 g/mol. The molecular formula is C31H28F4N4O5S. The van der Waals surface area contributed by atoms with Crippen molar-refractivity contribution < 1.29 is 40.4 Å². The second-order valence-electron chi connectivity index (χ2n) is 11.7. The summed E-state index contributed by atoms with van der Waals surface area (Å²) in [5, 5.41) is 2.64. The lowest BCUT2D eigenvalue weighted by molar-refractivity contribution is -0.137. The lowest BCUT2D eigenvalue weighted by atomic mass is 9.83. The molecule has 0 bridgehead atoms. The molecule has 14 heteroatoms. The number of carbonyl (C=O) groups is 3. The van der Waals surface area contributed by atoms with E-state index in [1.54, 1.807) is 24.3 Å². The van der Waals surface area contributed by atoms with Gasteiger partial charge in [0.2, 0.25) is 5.91 Å². The van der Waals surface area contributed by atoms with Gasteiger partial charge in [-0.05, 0) is 54.7 Å². The van der Waals surface area contributed by atoms with Crippen molar-refractivity contribution in [3.05, 3.63) is 83.6 Å². The van der Waals surface area contributed by atoms with Crippen molar-refractivity contribution in [1.82, 2.24) is 10.3 Å². The molecule has 2 heterocycles. The van der Waals surface area contributed by atoms with Gasteiger partial charge in [-0.15, -0.1) is 0 Å². The van der Waals surface area contributed by atoms with Crippen LogP contribution in [-0.4, -0.2) is 55.4 Å². The van der Waals surface area contributed by atoms with Crippen LogP contribution in [0.25, 0.3) is 0 Å². The van der Waals surface area contributed by atoms with Crippen LogP contribution >= 0.6 is 0 Å². The van der Waals surface area contributed by atoms with Crippen molar-refractivity contribution in [2.45, 2.75) is 67.0 Å². The van der Waals surface area contributed by atoms with Crippen LogP contribution in [0.4, 0.5) is 29.1 Å². The number of anilines is 2. The maximum absolute atomic E-state index is 14.8. The van der Waals surface area contributed by atoms with Crippen LogP contribution in [0.3, 0.4) is 0 Å². The minimum Gasteiger partial charge on any atom is -0.351 e. The van der Waals surface area contributed by atoms with Gasteiger partial charge in [-0.1, -0.05) is 24.3 Å². The molecule has 1 aliphatic heterocycles. The number of amides is 3. The summed E-state index contributed by atoms with van der Waals surface area (Å²) >= 11 is 0. The first kappa shape index (κ1) is 30.7. The Labute approximate surface area is 256 Å². The zero-order chi connectivity index (χ0) is 32.3. The lowest BCUT2D eigenvalue weighted by Gasteiger charge is -2.45. The number of alkyl halides is 2. The van der Waals surface area contributed by atoms with Gasteiger partial charge in [-0.25, -0.2) is 31.0 Å². The van der Waals surface area contributed by atoms with Crippen molar-refractivity contribution in [1.29, 1.82) is 0 Å². The maximum Gasteiger partial charge on any atom is 0.252 e. The van der Waals surface area contributed by atoms with Crippen LogP contribution in [0, 0.1) is 11.6 Å². The minimum atomic E-state index is -3.73. The Morgan fingerprint density at radius 2 is 1.71 bits per heavy atom. The Hall–Kier alpha value is -4.33. The van der Waals surface area contributed by atoms with Crippen molar-refractivity contribution in [2.75, 3.05) is 16.1 Å². The Morgan fingerprint density at radius 1 is 1.02 bits per heavy atom. The summed E-state index contributed by atoms with van der Waals surface area (Å²) in [6.45, 7) is 0. The number of pyridine rings is 1. The molecule has 3 aromatic rings. The molecule has 2 fully saturated rings. The zero-order valence-corrected chi connectivity index (χ0v) is 24.8. The molecule has 3 amide bonds. The van der Waals surface area contributed by atoms with Gasteiger partial charge in [0.1, 0.15) is 23.5 Å². The molecule has 0 spiro atoms. The second-order valence-corrected chi connectivity index (χ2v) is 13.7. The van der Waals surface area contributed by atoms with E-state index in [0.717, 1.165) is 34.3 Å². The third-order valence-corrected chi connectivity index (χ3v) is 9.73. The fourth-order valence-corrected chi connectivity index (χ4v) is 7.18. The summed E-state index contributed by atoms with van der Waals surface area (Å²) < 4.78 is 81.5. The third-order valence-electron chi connectivity index (χ3n) is 8.62. The van der Waals surface area contributed by atoms with E-state index in [-0.39, 0.29) is 42.1 Å². The molecule has 1 N–H and O–H groups in total. The number of halogens is 4. The number of nitrogens with one attached hydrogen (secondary N) is 1. The van der Waals surface area contributed by atoms with E-state index in [0.29, 0.717) is 17.2 Å². The number of fused-ring (bicyclic) bond motifs is 1. The standard InChI is InChI=1S/C31H28F4N4O5S/c1-45(43,44)23-9-11-36-26(15-23)38-25(6-7-27(38)40)28(41)39(22-13-19(32)12-20(33)14-22)31(10-8-18-4-2-3-5-24(18)31)29(42)37-21-16-30(34,35)17-21/h2-5,9,11-15,21,25H,6-8,10,16-17H2,1H3,(H,37,42)/t25-,31-/m0/s1. The molecule has 2 aromatic carbocycles. The van der Waals surface area contributed by atoms with Gasteiger partial charge >= 0.3 is 0 Å². The first-order chi connectivity index (χ1) is 21.2. The van der Waals surface area contributed by atoms with Crippen molar-refractivity contribution in [3.63, 3.8) is 0 Å². The van der Waals surface area contributed by atoms with E-state index in [9.17, 15) is 40.4 Å². The largest absolute Gasteiger partial charge is 0.351 e. The highest BCUT2D eigenvalue weighted by molar-refractivity contribution is 7.90. The Morgan fingerprint density at radius 3 is 2.38 bits per heavy atom. The molecule has 0 radical (unpaired) electrons. The van der Waals surface area contributed by atoms with Crippen LogP contribution in [0.1, 0.15) is 43.2 Å². The first-order valence-electron chi connectivity index (χ1n) is 14.3. The first-order valence-corrected chi connectivity index (χ1v) is 16.1. The summed E-state index contributed by atoms with van der Waals surface area (Å²) in [6.07, 6.45) is 0.946. The molecule has 2 atom stereocenters. The van der Waals surface area contributed by atoms with Gasteiger partial charge in [-0.3, -0.25) is 24.2 Å². The number of hydrogen-bond donors (Lipinski definition) is 1.